The highest BCUT2D eigenvalue weighted by Gasteiger charge is 2.41. The van der Waals surface area contributed by atoms with Crippen molar-refractivity contribution in [1.82, 2.24) is 4.90 Å². The Kier molecular flexibility index (Phi) is 6.22. The number of nitrogens with zero attached hydrogens (tertiary/aromatic N) is 1. The van der Waals surface area contributed by atoms with Crippen molar-refractivity contribution in [2.75, 3.05) is 26.8 Å². The summed E-state index contributed by atoms with van der Waals surface area (Å²) in [6, 6.07) is 7.77. The number of benzene rings is 1. The van der Waals surface area contributed by atoms with Gasteiger partial charge in [0.2, 0.25) is 5.91 Å². The zero-order valence-corrected chi connectivity index (χ0v) is 14.1. The quantitative estimate of drug-likeness (QED) is 0.621. The molecule has 0 spiro atoms. The van der Waals surface area contributed by atoms with E-state index < -0.39 is 5.41 Å². The normalized spacial score (nSPS) is 21.3. The van der Waals surface area contributed by atoms with Gasteiger partial charge in [0.15, 0.2) is 0 Å². The average molecular weight is 317 g/mol. The van der Waals surface area contributed by atoms with E-state index in [0.717, 1.165) is 24.2 Å². The third kappa shape index (κ3) is 3.94. The summed E-state index contributed by atoms with van der Waals surface area (Å²) in [5, 5.41) is 9.56. The van der Waals surface area contributed by atoms with Crippen LogP contribution in [0, 0.1) is 0 Å². The number of carbonyl (C=O) groups is 1. The van der Waals surface area contributed by atoms with Crippen molar-refractivity contribution in [2.24, 2.45) is 0 Å². The van der Waals surface area contributed by atoms with E-state index in [1.165, 1.54) is 0 Å². The van der Waals surface area contributed by atoms with Gasteiger partial charge in [-0.05, 0) is 37.0 Å². The van der Waals surface area contributed by atoms with Crippen LogP contribution in [0.3, 0.4) is 0 Å². The molecule has 4 nitrogen and oxygen atoms in total. The zero-order valence-electron chi connectivity index (χ0n) is 14.1. The molecule has 1 atom stereocenters. The van der Waals surface area contributed by atoms with Gasteiger partial charge in [0.1, 0.15) is 5.75 Å². The zero-order chi connectivity index (χ0) is 16.7. The number of likely N-dealkylation sites (N-methyl/N-ethyl adjacent to an activating group) is 1. The summed E-state index contributed by atoms with van der Waals surface area (Å²) in [4.78, 5) is 14.7. The number of allylic oxidation sites excluding steroid dienone is 1. The number of aliphatic hydroxyl groups excluding tert-OH is 1. The summed E-state index contributed by atoms with van der Waals surface area (Å²) in [7, 11) is 1.81. The van der Waals surface area contributed by atoms with Gasteiger partial charge in [-0.3, -0.25) is 4.79 Å². The highest BCUT2D eigenvalue weighted by atomic mass is 16.5. The van der Waals surface area contributed by atoms with Gasteiger partial charge in [-0.15, -0.1) is 0 Å². The second-order valence-electron chi connectivity index (χ2n) is 6.15. The van der Waals surface area contributed by atoms with Crippen molar-refractivity contribution in [3.63, 3.8) is 0 Å². The molecule has 23 heavy (non-hydrogen) atoms. The number of rotatable bonds is 7. The first-order chi connectivity index (χ1) is 11.1. The predicted octanol–water partition coefficient (Wildman–Crippen LogP) is 2.90. The van der Waals surface area contributed by atoms with Crippen molar-refractivity contribution in [3.05, 3.63) is 42.0 Å². The highest BCUT2D eigenvalue weighted by molar-refractivity contribution is 5.89. The molecule has 1 aliphatic heterocycles. The molecule has 2 rings (SSSR count). The van der Waals surface area contributed by atoms with E-state index >= 15 is 0 Å². The summed E-state index contributed by atoms with van der Waals surface area (Å²) in [5.41, 5.74) is 0.213. The molecule has 1 amide bonds. The van der Waals surface area contributed by atoms with E-state index in [-0.39, 0.29) is 12.5 Å². The van der Waals surface area contributed by atoms with Gasteiger partial charge >= 0.3 is 0 Å². The minimum Gasteiger partial charge on any atom is -0.494 e. The Labute approximate surface area is 138 Å². The summed E-state index contributed by atoms with van der Waals surface area (Å²) in [6.45, 7) is 3.40. The fraction of sp³-hybridized carbons (Fsp3) is 0.526. The second-order valence-corrected chi connectivity index (χ2v) is 6.15. The van der Waals surface area contributed by atoms with Gasteiger partial charge in [-0.1, -0.05) is 37.6 Å². The van der Waals surface area contributed by atoms with Crippen LogP contribution >= 0.6 is 0 Å². The Bertz CT molecular complexity index is 555. The van der Waals surface area contributed by atoms with E-state index in [9.17, 15) is 9.90 Å². The molecule has 1 aromatic rings. The minimum atomic E-state index is -0.708. The van der Waals surface area contributed by atoms with E-state index in [4.69, 9.17) is 4.74 Å². The molecule has 1 unspecified atom stereocenters. The lowest BCUT2D eigenvalue weighted by molar-refractivity contribution is -0.136. The Morgan fingerprint density at radius 3 is 2.91 bits per heavy atom. The third-order valence-electron chi connectivity index (χ3n) is 4.46. The monoisotopic (exact) mass is 317 g/mol. The lowest BCUT2D eigenvalue weighted by atomic mass is 9.74. The largest absolute Gasteiger partial charge is 0.494 e. The first kappa shape index (κ1) is 17.5. The van der Waals surface area contributed by atoms with Crippen molar-refractivity contribution in [2.45, 2.75) is 38.0 Å². The standard InChI is InChI=1S/C19H27NO3/c1-3-4-14-23-17-9-7-8-16(15-17)19(11-13-21)10-5-6-12-20(2)18(19)22/h5-9,15,21H,3-4,10-14H2,1-2H3. The van der Waals surface area contributed by atoms with Gasteiger partial charge in [0.25, 0.3) is 0 Å². The Morgan fingerprint density at radius 1 is 1.35 bits per heavy atom. The molecule has 1 heterocycles. The Hall–Kier alpha value is -1.81. The van der Waals surface area contributed by atoms with E-state index in [1.54, 1.807) is 4.90 Å². The van der Waals surface area contributed by atoms with E-state index in [1.807, 2.05) is 43.5 Å². The van der Waals surface area contributed by atoms with Crippen LogP contribution in [0.5, 0.6) is 5.75 Å². The van der Waals surface area contributed by atoms with Crippen LogP contribution in [-0.4, -0.2) is 42.7 Å². The van der Waals surface area contributed by atoms with Crippen LogP contribution in [-0.2, 0) is 10.2 Å². The molecule has 1 N–H and O–H groups in total. The van der Waals surface area contributed by atoms with Crippen LogP contribution in [0.1, 0.15) is 38.2 Å². The summed E-state index contributed by atoms with van der Waals surface area (Å²) in [5.74, 6) is 0.846. The van der Waals surface area contributed by atoms with Crippen LogP contribution in [0.15, 0.2) is 36.4 Å². The second kappa shape index (κ2) is 8.16. The average Bonchev–Trinajstić information content (AvgIpc) is 2.70. The molecule has 0 aliphatic carbocycles. The molecule has 4 heteroatoms. The number of hydrogen-bond acceptors (Lipinski definition) is 3. The summed E-state index contributed by atoms with van der Waals surface area (Å²) < 4.78 is 5.79. The fourth-order valence-electron chi connectivity index (χ4n) is 3.06. The first-order valence-electron chi connectivity index (χ1n) is 8.39. The molecule has 0 radical (unpaired) electrons. The molecule has 0 saturated carbocycles. The van der Waals surface area contributed by atoms with E-state index in [2.05, 4.69) is 6.92 Å². The van der Waals surface area contributed by atoms with Gasteiger partial charge in [-0.2, -0.15) is 0 Å². The van der Waals surface area contributed by atoms with Crippen LogP contribution in [0.4, 0.5) is 0 Å². The number of carbonyl (C=O) groups excluding carboxylic acids is 1. The Morgan fingerprint density at radius 2 is 2.17 bits per heavy atom. The maximum absolute atomic E-state index is 13.0. The molecule has 0 fully saturated rings. The fourth-order valence-corrected chi connectivity index (χ4v) is 3.06. The lowest BCUT2D eigenvalue weighted by Crippen LogP contribution is -2.44. The van der Waals surface area contributed by atoms with Crippen molar-refractivity contribution in [3.8, 4) is 5.75 Å². The van der Waals surface area contributed by atoms with Gasteiger partial charge in [0.05, 0.1) is 12.0 Å². The number of ether oxygens (including phenoxy) is 1. The third-order valence-corrected chi connectivity index (χ3v) is 4.46. The molecule has 0 aromatic heterocycles. The molecular weight excluding hydrogens is 290 g/mol. The molecule has 1 aliphatic rings. The van der Waals surface area contributed by atoms with Gasteiger partial charge in [-0.25, -0.2) is 0 Å². The molecular formula is C19H27NO3. The lowest BCUT2D eigenvalue weighted by Gasteiger charge is -2.34. The summed E-state index contributed by atoms with van der Waals surface area (Å²) in [6.07, 6.45) is 7.17. The minimum absolute atomic E-state index is 0.0195. The SMILES string of the molecule is CCCCOc1cccc(C2(CCO)CC=CCN(C)C2=O)c1. The van der Waals surface area contributed by atoms with E-state index in [0.29, 0.717) is 26.0 Å². The number of aliphatic hydroxyl groups is 1. The van der Waals surface area contributed by atoms with Gasteiger partial charge in [0, 0.05) is 20.2 Å². The molecule has 126 valence electrons. The molecule has 0 saturated heterocycles. The first-order valence-corrected chi connectivity index (χ1v) is 8.39. The maximum Gasteiger partial charge on any atom is 0.233 e. The van der Waals surface area contributed by atoms with Gasteiger partial charge < -0.3 is 14.7 Å². The van der Waals surface area contributed by atoms with Crippen molar-refractivity contribution >= 4 is 5.91 Å². The number of unbranched alkanes of at least 4 members (excludes halogenated alkanes) is 1. The topological polar surface area (TPSA) is 49.8 Å². The smallest absolute Gasteiger partial charge is 0.233 e. The van der Waals surface area contributed by atoms with Crippen molar-refractivity contribution < 1.29 is 14.6 Å². The maximum atomic E-state index is 13.0. The summed E-state index contributed by atoms with van der Waals surface area (Å²) >= 11 is 0. The molecule has 0 bridgehead atoms. The Balaban J connectivity index is 2.34. The van der Waals surface area contributed by atoms with Crippen LogP contribution in [0.2, 0.25) is 0 Å². The highest BCUT2D eigenvalue weighted by Crippen LogP contribution is 2.37. The number of hydrogen-bond donors (Lipinski definition) is 1. The van der Waals surface area contributed by atoms with Crippen LogP contribution < -0.4 is 4.74 Å². The van der Waals surface area contributed by atoms with Crippen molar-refractivity contribution in [1.29, 1.82) is 0 Å². The molecule has 1 aromatic carbocycles. The number of amides is 1. The predicted molar refractivity (Wildman–Crippen MR) is 91.6 cm³/mol. The van der Waals surface area contributed by atoms with Crippen LogP contribution in [0.25, 0.3) is 0 Å².